The Bertz CT molecular complexity index is 424. The van der Waals surface area contributed by atoms with Gasteiger partial charge in [0.2, 0.25) is 0 Å². The highest BCUT2D eigenvalue weighted by Gasteiger charge is 2.05. The lowest BCUT2D eigenvalue weighted by Gasteiger charge is -2.12. The zero-order valence-electron chi connectivity index (χ0n) is 11.4. The van der Waals surface area contributed by atoms with Gasteiger partial charge in [-0.3, -0.25) is 0 Å². The summed E-state index contributed by atoms with van der Waals surface area (Å²) in [5.74, 6) is 0.681. The van der Waals surface area contributed by atoms with Gasteiger partial charge in [0, 0.05) is 28.9 Å². The Balaban J connectivity index is 2.39. The number of ether oxygens (including phenoxy) is 1. The largest absolute Gasteiger partial charge is 0.389 e. The van der Waals surface area contributed by atoms with Gasteiger partial charge in [-0.1, -0.05) is 42.0 Å². The third kappa shape index (κ3) is 6.36. The Morgan fingerprint density at radius 1 is 1.42 bits per heavy atom. The van der Waals surface area contributed by atoms with Crippen molar-refractivity contribution in [1.82, 2.24) is 0 Å². The van der Waals surface area contributed by atoms with Gasteiger partial charge < -0.3 is 15.8 Å². The van der Waals surface area contributed by atoms with E-state index in [1.807, 2.05) is 18.2 Å². The molecule has 0 saturated heterocycles. The molecule has 3 N–H and O–H groups in total. The molecule has 1 aromatic rings. The molecule has 0 radical (unpaired) electrons. The smallest absolute Gasteiger partial charge is 0.106 e. The third-order valence-electron chi connectivity index (χ3n) is 2.65. The second-order valence-corrected chi connectivity index (χ2v) is 6.13. The molecule has 0 atom stereocenters. The van der Waals surface area contributed by atoms with Gasteiger partial charge in [0.05, 0.1) is 6.61 Å². The average Bonchev–Trinajstić information content (AvgIpc) is 2.34. The van der Waals surface area contributed by atoms with Gasteiger partial charge in [-0.25, -0.2) is 0 Å². The van der Waals surface area contributed by atoms with E-state index in [0.29, 0.717) is 17.5 Å². The molecular weight excluding hydrogens is 324 g/mol. The van der Waals surface area contributed by atoms with Crippen LogP contribution in [0.25, 0.3) is 0 Å². The lowest BCUT2D eigenvalue weighted by atomic mass is 10.1. The fraction of sp³-hybridized carbons (Fsp3) is 0.500. The quantitative estimate of drug-likeness (QED) is 0.559. The van der Waals surface area contributed by atoms with Crippen molar-refractivity contribution in [3.63, 3.8) is 0 Å². The second kappa shape index (κ2) is 8.51. The molecule has 3 nitrogen and oxygen atoms in total. The molecule has 0 aliphatic carbocycles. The third-order valence-corrected chi connectivity index (χ3v) is 3.36. The molecule has 0 aromatic heterocycles. The molecule has 0 fully saturated rings. The van der Waals surface area contributed by atoms with E-state index in [9.17, 15) is 0 Å². The number of nitrogens with one attached hydrogen (secondary N) is 1. The Hall–Kier alpha value is -0.650. The van der Waals surface area contributed by atoms with E-state index in [4.69, 9.17) is 22.7 Å². The molecule has 0 spiro atoms. The van der Waals surface area contributed by atoms with Gasteiger partial charge in [-0.05, 0) is 30.5 Å². The SMILES string of the molecule is CC(C)CCOCCNc1ccc(Br)cc1C(N)=S. The van der Waals surface area contributed by atoms with Gasteiger partial charge in [0.25, 0.3) is 0 Å². The summed E-state index contributed by atoms with van der Waals surface area (Å²) in [5, 5.41) is 3.30. The summed E-state index contributed by atoms with van der Waals surface area (Å²) in [7, 11) is 0. The van der Waals surface area contributed by atoms with Gasteiger partial charge in [-0.15, -0.1) is 0 Å². The number of hydrogen-bond acceptors (Lipinski definition) is 3. The molecule has 106 valence electrons. The first-order valence-corrected chi connectivity index (χ1v) is 7.61. The second-order valence-electron chi connectivity index (χ2n) is 4.78. The van der Waals surface area contributed by atoms with Gasteiger partial charge in [-0.2, -0.15) is 0 Å². The maximum Gasteiger partial charge on any atom is 0.106 e. The first-order chi connectivity index (χ1) is 9.00. The highest BCUT2D eigenvalue weighted by atomic mass is 79.9. The van der Waals surface area contributed by atoms with Crippen molar-refractivity contribution < 1.29 is 4.74 Å². The van der Waals surface area contributed by atoms with Crippen LogP contribution in [-0.2, 0) is 4.74 Å². The lowest BCUT2D eigenvalue weighted by Crippen LogP contribution is -2.16. The minimum atomic E-state index is 0.393. The summed E-state index contributed by atoms with van der Waals surface area (Å²) in [5.41, 5.74) is 7.51. The Kier molecular flexibility index (Phi) is 7.34. The van der Waals surface area contributed by atoms with E-state index in [1.54, 1.807) is 0 Å². The predicted molar refractivity (Wildman–Crippen MR) is 88.8 cm³/mol. The van der Waals surface area contributed by atoms with E-state index in [1.165, 1.54) is 0 Å². The first kappa shape index (κ1) is 16.4. The minimum absolute atomic E-state index is 0.393. The van der Waals surface area contributed by atoms with Crippen LogP contribution in [0.2, 0.25) is 0 Å². The number of nitrogens with two attached hydrogens (primary N) is 1. The maximum absolute atomic E-state index is 5.71. The number of anilines is 1. The average molecular weight is 345 g/mol. The van der Waals surface area contributed by atoms with Crippen LogP contribution in [0.4, 0.5) is 5.69 Å². The molecule has 0 aliphatic rings. The van der Waals surface area contributed by atoms with Crippen LogP contribution in [0, 0.1) is 5.92 Å². The summed E-state index contributed by atoms with van der Waals surface area (Å²) < 4.78 is 6.52. The standard InChI is InChI=1S/C14H21BrN2OS/c1-10(2)5-7-18-8-6-17-13-4-3-11(15)9-12(13)14(16)19/h3-4,9-10,17H,5-8H2,1-2H3,(H2,16,19). The number of thiocarbonyl (C=S) groups is 1. The highest BCUT2D eigenvalue weighted by molar-refractivity contribution is 9.10. The monoisotopic (exact) mass is 344 g/mol. The van der Waals surface area contributed by atoms with E-state index in [-0.39, 0.29) is 0 Å². The Morgan fingerprint density at radius 3 is 2.79 bits per heavy atom. The molecule has 1 aromatic carbocycles. The van der Waals surface area contributed by atoms with Crippen LogP contribution in [0.1, 0.15) is 25.8 Å². The summed E-state index contributed by atoms with van der Waals surface area (Å²) in [6.07, 6.45) is 1.09. The fourth-order valence-corrected chi connectivity index (χ4v) is 2.08. The van der Waals surface area contributed by atoms with Crippen LogP contribution in [0.15, 0.2) is 22.7 Å². The zero-order chi connectivity index (χ0) is 14.3. The summed E-state index contributed by atoms with van der Waals surface area (Å²) >= 11 is 8.46. The maximum atomic E-state index is 5.71. The van der Waals surface area contributed by atoms with Crippen molar-refractivity contribution in [2.75, 3.05) is 25.1 Å². The van der Waals surface area contributed by atoms with Crippen molar-refractivity contribution >= 4 is 38.8 Å². The summed E-state index contributed by atoms with van der Waals surface area (Å²) in [6, 6.07) is 5.85. The van der Waals surface area contributed by atoms with Crippen molar-refractivity contribution in [1.29, 1.82) is 0 Å². The zero-order valence-corrected chi connectivity index (χ0v) is 13.8. The molecule has 0 amide bonds. The van der Waals surface area contributed by atoms with Gasteiger partial charge in [0.15, 0.2) is 0 Å². The number of halogens is 1. The topological polar surface area (TPSA) is 47.3 Å². The molecule has 0 aliphatic heterocycles. The van der Waals surface area contributed by atoms with Crippen molar-refractivity contribution in [3.8, 4) is 0 Å². The summed E-state index contributed by atoms with van der Waals surface area (Å²) in [6.45, 7) is 6.62. The molecular formula is C14H21BrN2OS. The van der Waals surface area contributed by atoms with Crippen LogP contribution in [-0.4, -0.2) is 24.7 Å². The molecule has 0 unspecified atom stereocenters. The lowest BCUT2D eigenvalue weighted by molar-refractivity contribution is 0.132. The van der Waals surface area contributed by atoms with Gasteiger partial charge >= 0.3 is 0 Å². The number of hydrogen-bond donors (Lipinski definition) is 2. The van der Waals surface area contributed by atoms with E-state index in [2.05, 4.69) is 35.1 Å². The summed E-state index contributed by atoms with van der Waals surface area (Å²) in [4.78, 5) is 0.393. The number of benzene rings is 1. The van der Waals surface area contributed by atoms with Crippen LogP contribution < -0.4 is 11.1 Å². The predicted octanol–water partition coefficient (Wildman–Crippen LogP) is 3.56. The minimum Gasteiger partial charge on any atom is -0.389 e. The van der Waals surface area contributed by atoms with Crippen LogP contribution in [0.3, 0.4) is 0 Å². The molecule has 0 bridgehead atoms. The fourth-order valence-electron chi connectivity index (χ4n) is 1.55. The van der Waals surface area contributed by atoms with E-state index < -0.39 is 0 Å². The molecule has 0 heterocycles. The van der Waals surface area contributed by atoms with Crippen LogP contribution in [0.5, 0.6) is 0 Å². The normalized spacial score (nSPS) is 10.7. The van der Waals surface area contributed by atoms with E-state index in [0.717, 1.165) is 35.3 Å². The molecule has 5 heteroatoms. The molecule has 19 heavy (non-hydrogen) atoms. The Labute approximate surface area is 129 Å². The highest BCUT2D eigenvalue weighted by Crippen LogP contribution is 2.20. The first-order valence-electron chi connectivity index (χ1n) is 6.41. The van der Waals surface area contributed by atoms with Crippen molar-refractivity contribution in [2.24, 2.45) is 11.7 Å². The Morgan fingerprint density at radius 2 is 2.16 bits per heavy atom. The van der Waals surface area contributed by atoms with Crippen molar-refractivity contribution in [2.45, 2.75) is 20.3 Å². The van der Waals surface area contributed by atoms with Crippen molar-refractivity contribution in [3.05, 3.63) is 28.2 Å². The van der Waals surface area contributed by atoms with Gasteiger partial charge in [0.1, 0.15) is 4.99 Å². The number of rotatable bonds is 8. The molecule has 1 rings (SSSR count). The van der Waals surface area contributed by atoms with E-state index >= 15 is 0 Å². The van der Waals surface area contributed by atoms with Crippen LogP contribution >= 0.6 is 28.1 Å². The molecule has 0 saturated carbocycles.